The number of carbonyl (C=O) groups is 1. The van der Waals surface area contributed by atoms with Crippen LogP contribution < -0.4 is 10.1 Å². The average Bonchev–Trinajstić information content (AvgIpc) is 3.15. The maximum atomic E-state index is 12.6. The molecule has 0 bridgehead atoms. The normalized spacial score (nSPS) is 13.8. The van der Waals surface area contributed by atoms with Crippen LogP contribution in [0.25, 0.3) is 10.9 Å². The van der Waals surface area contributed by atoms with Crippen LogP contribution in [-0.2, 0) is 24.1 Å². The van der Waals surface area contributed by atoms with E-state index in [1.54, 1.807) is 7.11 Å². The van der Waals surface area contributed by atoms with Crippen molar-refractivity contribution >= 4 is 16.8 Å². The summed E-state index contributed by atoms with van der Waals surface area (Å²) in [6, 6.07) is 14.5. The van der Waals surface area contributed by atoms with Gasteiger partial charge in [0.05, 0.1) is 13.5 Å². The van der Waals surface area contributed by atoms with Crippen LogP contribution in [-0.4, -0.2) is 24.0 Å². The van der Waals surface area contributed by atoms with Gasteiger partial charge in [-0.25, -0.2) is 0 Å². The topological polar surface area (TPSA) is 54.1 Å². The fraction of sp³-hybridized carbons (Fsp3) is 0.286. The van der Waals surface area contributed by atoms with Gasteiger partial charge < -0.3 is 15.0 Å². The number of ether oxygens (including phenoxy) is 1. The first-order valence-corrected chi connectivity index (χ1v) is 8.65. The molecule has 4 nitrogen and oxygen atoms in total. The number of rotatable bonds is 4. The third-order valence-electron chi connectivity index (χ3n) is 5.08. The molecule has 1 aliphatic carbocycles. The molecule has 0 fully saturated rings. The van der Waals surface area contributed by atoms with Gasteiger partial charge in [0.2, 0.25) is 5.91 Å². The molecule has 1 aliphatic rings. The Morgan fingerprint density at radius 2 is 1.92 bits per heavy atom. The second-order valence-corrected chi connectivity index (χ2v) is 6.76. The number of hydrogen-bond acceptors (Lipinski definition) is 2. The van der Waals surface area contributed by atoms with Gasteiger partial charge in [-0.15, -0.1) is 0 Å². The van der Waals surface area contributed by atoms with Crippen LogP contribution in [0.4, 0.5) is 0 Å². The number of aryl methyl sites for hydroxylation is 1. The molecule has 128 valence electrons. The van der Waals surface area contributed by atoms with E-state index in [-0.39, 0.29) is 11.9 Å². The number of fused-ring (bicyclic) bond motifs is 2. The third-order valence-corrected chi connectivity index (χ3v) is 5.08. The molecule has 0 saturated carbocycles. The van der Waals surface area contributed by atoms with E-state index in [0.29, 0.717) is 6.42 Å². The van der Waals surface area contributed by atoms with Crippen molar-refractivity contribution in [3.63, 3.8) is 0 Å². The summed E-state index contributed by atoms with van der Waals surface area (Å²) in [5.41, 5.74) is 5.81. The maximum Gasteiger partial charge on any atom is 0.224 e. The van der Waals surface area contributed by atoms with Crippen LogP contribution >= 0.6 is 0 Å². The first-order chi connectivity index (χ1) is 12.1. The number of methoxy groups -OCH3 is 1. The summed E-state index contributed by atoms with van der Waals surface area (Å²) in [4.78, 5) is 16.0. The highest BCUT2D eigenvalue weighted by atomic mass is 16.5. The van der Waals surface area contributed by atoms with Crippen LogP contribution in [0, 0.1) is 6.92 Å². The zero-order valence-electron chi connectivity index (χ0n) is 14.6. The first kappa shape index (κ1) is 15.8. The Bertz CT molecular complexity index is 917. The molecule has 0 atom stereocenters. The Kier molecular flexibility index (Phi) is 3.96. The van der Waals surface area contributed by atoms with E-state index in [2.05, 4.69) is 34.6 Å². The van der Waals surface area contributed by atoms with Gasteiger partial charge in [-0.1, -0.05) is 24.3 Å². The zero-order valence-corrected chi connectivity index (χ0v) is 14.6. The van der Waals surface area contributed by atoms with Crippen molar-refractivity contribution < 1.29 is 9.53 Å². The molecule has 3 aromatic rings. The Labute approximate surface area is 147 Å². The van der Waals surface area contributed by atoms with E-state index < -0.39 is 0 Å². The van der Waals surface area contributed by atoms with E-state index in [0.717, 1.165) is 40.8 Å². The second-order valence-electron chi connectivity index (χ2n) is 6.76. The summed E-state index contributed by atoms with van der Waals surface area (Å²) in [5.74, 6) is 0.879. The lowest BCUT2D eigenvalue weighted by Gasteiger charge is -2.12. The predicted molar refractivity (Wildman–Crippen MR) is 99.1 cm³/mol. The number of hydrogen-bond donors (Lipinski definition) is 2. The SMILES string of the molecule is COc1ccc2[nH]c(C)c(CC(=O)NC3Cc4ccccc4C3)c2c1. The smallest absolute Gasteiger partial charge is 0.224 e. The molecule has 1 aromatic heterocycles. The van der Waals surface area contributed by atoms with Crippen molar-refractivity contribution in [2.24, 2.45) is 0 Å². The summed E-state index contributed by atoms with van der Waals surface area (Å²) in [5, 5.41) is 4.26. The summed E-state index contributed by atoms with van der Waals surface area (Å²) in [6.45, 7) is 2.01. The number of nitrogens with one attached hydrogen (secondary N) is 2. The maximum absolute atomic E-state index is 12.6. The van der Waals surface area contributed by atoms with Gasteiger partial charge in [-0.2, -0.15) is 0 Å². The Morgan fingerprint density at radius 1 is 1.20 bits per heavy atom. The minimum absolute atomic E-state index is 0.0737. The van der Waals surface area contributed by atoms with E-state index in [1.165, 1.54) is 11.1 Å². The molecule has 25 heavy (non-hydrogen) atoms. The molecule has 1 heterocycles. The fourth-order valence-corrected chi connectivity index (χ4v) is 3.82. The summed E-state index contributed by atoms with van der Waals surface area (Å²) >= 11 is 0. The number of benzene rings is 2. The van der Waals surface area contributed by atoms with Crippen LogP contribution in [0.3, 0.4) is 0 Å². The number of aromatic amines is 1. The predicted octanol–water partition coefficient (Wildman–Crippen LogP) is 3.31. The van der Waals surface area contributed by atoms with E-state index in [1.807, 2.05) is 25.1 Å². The van der Waals surface area contributed by atoms with E-state index >= 15 is 0 Å². The second kappa shape index (κ2) is 6.28. The van der Waals surface area contributed by atoms with Crippen LogP contribution in [0.5, 0.6) is 5.75 Å². The Hall–Kier alpha value is -2.75. The van der Waals surface area contributed by atoms with Crippen LogP contribution in [0.2, 0.25) is 0 Å². The number of H-pyrrole nitrogens is 1. The Morgan fingerprint density at radius 3 is 2.60 bits per heavy atom. The highest BCUT2D eigenvalue weighted by Gasteiger charge is 2.23. The van der Waals surface area contributed by atoms with Crippen molar-refractivity contribution in [3.05, 3.63) is 64.8 Å². The molecule has 0 radical (unpaired) electrons. The quantitative estimate of drug-likeness (QED) is 0.769. The van der Waals surface area contributed by atoms with Gasteiger partial charge in [0, 0.05) is 22.6 Å². The number of aromatic nitrogens is 1. The standard InChI is InChI=1S/C21H22N2O2/c1-13-18(19-11-17(25-2)7-8-20(19)22-13)12-21(24)23-16-9-14-5-3-4-6-15(14)10-16/h3-8,11,16,22H,9-10,12H2,1-2H3,(H,23,24). The first-order valence-electron chi connectivity index (χ1n) is 8.65. The van der Waals surface area contributed by atoms with Gasteiger partial charge in [-0.3, -0.25) is 4.79 Å². The highest BCUT2D eigenvalue weighted by Crippen LogP contribution is 2.27. The minimum atomic E-state index is 0.0737. The molecule has 1 amide bonds. The lowest BCUT2D eigenvalue weighted by molar-refractivity contribution is -0.121. The molecule has 2 aromatic carbocycles. The molecule has 0 aliphatic heterocycles. The van der Waals surface area contributed by atoms with Gasteiger partial charge in [0.15, 0.2) is 0 Å². The summed E-state index contributed by atoms with van der Waals surface area (Å²) in [7, 11) is 1.66. The van der Waals surface area contributed by atoms with Crippen molar-refractivity contribution in [2.75, 3.05) is 7.11 Å². The zero-order chi connectivity index (χ0) is 17.4. The molecule has 4 rings (SSSR count). The fourth-order valence-electron chi connectivity index (χ4n) is 3.82. The molecule has 4 heteroatoms. The van der Waals surface area contributed by atoms with Gasteiger partial charge in [0.1, 0.15) is 5.75 Å². The molecular weight excluding hydrogens is 312 g/mol. The van der Waals surface area contributed by atoms with Crippen LogP contribution in [0.1, 0.15) is 22.4 Å². The summed E-state index contributed by atoms with van der Waals surface area (Å²) < 4.78 is 5.32. The van der Waals surface area contributed by atoms with Gasteiger partial charge >= 0.3 is 0 Å². The number of amides is 1. The molecular formula is C21H22N2O2. The van der Waals surface area contributed by atoms with Crippen LogP contribution in [0.15, 0.2) is 42.5 Å². The average molecular weight is 334 g/mol. The molecule has 2 N–H and O–H groups in total. The van der Waals surface area contributed by atoms with Crippen molar-refractivity contribution in [1.82, 2.24) is 10.3 Å². The van der Waals surface area contributed by atoms with Crippen molar-refractivity contribution in [3.8, 4) is 5.75 Å². The lowest BCUT2D eigenvalue weighted by Crippen LogP contribution is -2.36. The largest absolute Gasteiger partial charge is 0.497 e. The van der Waals surface area contributed by atoms with Crippen molar-refractivity contribution in [2.45, 2.75) is 32.2 Å². The number of carbonyl (C=O) groups excluding carboxylic acids is 1. The monoisotopic (exact) mass is 334 g/mol. The minimum Gasteiger partial charge on any atom is -0.497 e. The molecule has 0 saturated heterocycles. The summed E-state index contributed by atoms with van der Waals surface area (Å²) in [6.07, 6.45) is 2.22. The highest BCUT2D eigenvalue weighted by molar-refractivity contribution is 5.91. The van der Waals surface area contributed by atoms with E-state index in [9.17, 15) is 4.79 Å². The van der Waals surface area contributed by atoms with Gasteiger partial charge in [0.25, 0.3) is 0 Å². The van der Waals surface area contributed by atoms with Crippen molar-refractivity contribution in [1.29, 1.82) is 0 Å². The Balaban J connectivity index is 1.50. The third kappa shape index (κ3) is 3.00. The lowest BCUT2D eigenvalue weighted by atomic mass is 10.1. The van der Waals surface area contributed by atoms with E-state index in [4.69, 9.17) is 4.74 Å². The molecule has 0 spiro atoms. The molecule has 0 unspecified atom stereocenters. The van der Waals surface area contributed by atoms with Gasteiger partial charge in [-0.05, 0) is 54.7 Å².